The van der Waals surface area contributed by atoms with Gasteiger partial charge in [-0.2, -0.15) is 0 Å². The molecule has 7 nitrogen and oxygen atoms in total. The zero-order valence-corrected chi connectivity index (χ0v) is 14.4. The maximum atomic E-state index is 12.5. The number of morpholine rings is 1. The fraction of sp³-hybridized carbons (Fsp3) is 0.389. The number of benzene rings is 1. The second-order valence-corrected chi connectivity index (χ2v) is 5.87. The number of carbonyl (C=O) groups excluding carboxylic acids is 1. The monoisotopic (exact) mass is 341 g/mol. The highest BCUT2D eigenvalue weighted by molar-refractivity contribution is 6.04. The lowest BCUT2D eigenvalue weighted by atomic mass is 10.3. The Hall–Kier alpha value is -2.51. The van der Waals surface area contributed by atoms with Gasteiger partial charge in [-0.3, -0.25) is 9.69 Å². The second-order valence-electron chi connectivity index (χ2n) is 5.87. The predicted octanol–water partition coefficient (Wildman–Crippen LogP) is 1.50. The number of aromatic nitrogens is 2. The summed E-state index contributed by atoms with van der Waals surface area (Å²) in [7, 11) is 1.73. The number of anilines is 2. The van der Waals surface area contributed by atoms with Crippen molar-refractivity contribution in [1.82, 2.24) is 14.9 Å². The van der Waals surface area contributed by atoms with E-state index in [0.717, 1.165) is 45.1 Å². The molecule has 1 amide bonds. The van der Waals surface area contributed by atoms with Gasteiger partial charge in [0.25, 0.3) is 5.91 Å². The van der Waals surface area contributed by atoms with Crippen molar-refractivity contribution in [3.05, 3.63) is 48.4 Å². The van der Waals surface area contributed by atoms with Gasteiger partial charge in [-0.15, -0.1) is 0 Å². The van der Waals surface area contributed by atoms with Crippen molar-refractivity contribution in [3.8, 4) is 0 Å². The zero-order valence-electron chi connectivity index (χ0n) is 14.4. The summed E-state index contributed by atoms with van der Waals surface area (Å²) in [6.45, 7) is 5.24. The molecule has 1 aliphatic rings. The molecular formula is C18H23N5O2. The van der Waals surface area contributed by atoms with Crippen molar-refractivity contribution in [2.45, 2.75) is 0 Å². The van der Waals surface area contributed by atoms with Crippen LogP contribution in [-0.2, 0) is 4.74 Å². The van der Waals surface area contributed by atoms with E-state index < -0.39 is 0 Å². The molecule has 132 valence electrons. The van der Waals surface area contributed by atoms with Crippen LogP contribution in [0.25, 0.3) is 0 Å². The molecule has 1 saturated heterocycles. The van der Waals surface area contributed by atoms with E-state index in [0.29, 0.717) is 11.5 Å². The molecule has 25 heavy (non-hydrogen) atoms. The largest absolute Gasteiger partial charge is 0.379 e. The molecule has 0 saturated carbocycles. The molecule has 0 aliphatic carbocycles. The molecule has 0 spiro atoms. The zero-order chi connectivity index (χ0) is 17.5. The number of ether oxygens (including phenoxy) is 1. The van der Waals surface area contributed by atoms with Crippen LogP contribution in [0.2, 0.25) is 0 Å². The molecule has 0 unspecified atom stereocenters. The van der Waals surface area contributed by atoms with Gasteiger partial charge in [-0.25, -0.2) is 9.97 Å². The number of para-hydroxylation sites is 1. The summed E-state index contributed by atoms with van der Waals surface area (Å²) in [5.41, 5.74) is 1.15. The summed E-state index contributed by atoms with van der Waals surface area (Å²) in [5.74, 6) is 0.491. The first-order valence-corrected chi connectivity index (χ1v) is 8.43. The van der Waals surface area contributed by atoms with E-state index >= 15 is 0 Å². The van der Waals surface area contributed by atoms with E-state index in [9.17, 15) is 4.79 Å². The number of amides is 1. The van der Waals surface area contributed by atoms with Crippen LogP contribution in [0, 0.1) is 0 Å². The lowest BCUT2D eigenvalue weighted by Crippen LogP contribution is -2.39. The molecular weight excluding hydrogens is 318 g/mol. The van der Waals surface area contributed by atoms with Crippen LogP contribution in [-0.4, -0.2) is 67.2 Å². The minimum Gasteiger partial charge on any atom is -0.379 e. The van der Waals surface area contributed by atoms with Gasteiger partial charge in [-0.05, 0) is 12.1 Å². The Kier molecular flexibility index (Phi) is 5.92. The minimum absolute atomic E-state index is 0.182. The van der Waals surface area contributed by atoms with Crippen molar-refractivity contribution in [2.24, 2.45) is 0 Å². The third kappa shape index (κ3) is 4.74. The number of nitrogens with one attached hydrogen (secondary N) is 1. The van der Waals surface area contributed by atoms with Gasteiger partial charge in [0.2, 0.25) is 0 Å². The fourth-order valence-electron chi connectivity index (χ4n) is 2.64. The summed E-state index contributed by atoms with van der Waals surface area (Å²) in [5, 5.41) is 3.24. The highest BCUT2D eigenvalue weighted by Gasteiger charge is 2.15. The van der Waals surface area contributed by atoms with Gasteiger partial charge in [-0.1, -0.05) is 18.2 Å². The quantitative estimate of drug-likeness (QED) is 0.859. The van der Waals surface area contributed by atoms with Crippen LogP contribution >= 0.6 is 0 Å². The molecule has 0 atom stereocenters. The van der Waals surface area contributed by atoms with E-state index in [2.05, 4.69) is 20.2 Å². The Morgan fingerprint density at radius 2 is 1.96 bits per heavy atom. The summed E-state index contributed by atoms with van der Waals surface area (Å²) in [6.07, 6.45) is 3.12. The number of nitrogens with zero attached hydrogens (tertiary/aromatic N) is 4. The molecule has 1 N–H and O–H groups in total. The summed E-state index contributed by atoms with van der Waals surface area (Å²) >= 11 is 0. The van der Waals surface area contributed by atoms with Crippen molar-refractivity contribution < 1.29 is 9.53 Å². The predicted molar refractivity (Wildman–Crippen MR) is 97.0 cm³/mol. The van der Waals surface area contributed by atoms with E-state index in [4.69, 9.17) is 4.74 Å². The first-order valence-electron chi connectivity index (χ1n) is 8.43. The van der Waals surface area contributed by atoms with Crippen LogP contribution < -0.4 is 10.2 Å². The van der Waals surface area contributed by atoms with Crippen molar-refractivity contribution in [1.29, 1.82) is 0 Å². The molecule has 0 radical (unpaired) electrons. The van der Waals surface area contributed by atoms with Crippen molar-refractivity contribution in [2.75, 3.05) is 56.7 Å². The van der Waals surface area contributed by atoms with Gasteiger partial charge in [0, 0.05) is 38.9 Å². The highest BCUT2D eigenvalue weighted by atomic mass is 16.5. The van der Waals surface area contributed by atoms with Gasteiger partial charge in [0.05, 0.1) is 25.6 Å². The highest BCUT2D eigenvalue weighted by Crippen LogP contribution is 2.14. The topological polar surface area (TPSA) is 70.6 Å². The molecule has 1 aromatic carbocycles. The first kappa shape index (κ1) is 17.3. The van der Waals surface area contributed by atoms with Crippen LogP contribution in [0.15, 0.2) is 42.7 Å². The van der Waals surface area contributed by atoms with Crippen LogP contribution in [0.4, 0.5) is 11.5 Å². The van der Waals surface area contributed by atoms with Gasteiger partial charge >= 0.3 is 0 Å². The third-order valence-corrected chi connectivity index (χ3v) is 4.16. The van der Waals surface area contributed by atoms with E-state index in [-0.39, 0.29) is 5.91 Å². The maximum Gasteiger partial charge on any atom is 0.278 e. The Labute approximate surface area is 147 Å². The fourth-order valence-corrected chi connectivity index (χ4v) is 2.64. The summed E-state index contributed by atoms with van der Waals surface area (Å²) in [6, 6.07) is 9.47. The molecule has 1 aliphatic heterocycles. The number of hydrogen-bond acceptors (Lipinski definition) is 6. The molecule has 7 heteroatoms. The first-order chi connectivity index (χ1) is 12.2. The second kappa shape index (κ2) is 8.55. The van der Waals surface area contributed by atoms with Gasteiger partial charge in [0.1, 0.15) is 11.5 Å². The molecule has 3 rings (SSSR count). The SMILES string of the molecule is CN(C(=O)c1cnc(NCCN2CCOCC2)cn1)c1ccccc1. The van der Waals surface area contributed by atoms with Gasteiger partial charge in [0.15, 0.2) is 0 Å². The summed E-state index contributed by atoms with van der Waals surface area (Å²) in [4.78, 5) is 24.9. The van der Waals surface area contributed by atoms with E-state index in [1.165, 1.54) is 6.20 Å². The van der Waals surface area contributed by atoms with Crippen LogP contribution in [0.3, 0.4) is 0 Å². The summed E-state index contributed by atoms with van der Waals surface area (Å²) < 4.78 is 5.33. The molecule has 1 fully saturated rings. The van der Waals surface area contributed by atoms with Crippen molar-refractivity contribution >= 4 is 17.4 Å². The van der Waals surface area contributed by atoms with E-state index in [1.54, 1.807) is 18.1 Å². The minimum atomic E-state index is -0.182. The number of carbonyl (C=O) groups is 1. The molecule has 1 aromatic heterocycles. The smallest absolute Gasteiger partial charge is 0.278 e. The number of hydrogen-bond donors (Lipinski definition) is 1. The Bertz CT molecular complexity index is 672. The molecule has 2 heterocycles. The average Bonchev–Trinajstić information content (AvgIpc) is 2.69. The Morgan fingerprint density at radius 3 is 2.64 bits per heavy atom. The lowest BCUT2D eigenvalue weighted by molar-refractivity contribution is 0.0398. The van der Waals surface area contributed by atoms with Crippen LogP contribution in [0.1, 0.15) is 10.5 Å². The molecule has 2 aromatic rings. The lowest BCUT2D eigenvalue weighted by Gasteiger charge is -2.26. The van der Waals surface area contributed by atoms with E-state index in [1.807, 2.05) is 30.3 Å². The Morgan fingerprint density at radius 1 is 1.20 bits per heavy atom. The molecule has 0 bridgehead atoms. The van der Waals surface area contributed by atoms with Gasteiger partial charge < -0.3 is 15.0 Å². The third-order valence-electron chi connectivity index (χ3n) is 4.16. The van der Waals surface area contributed by atoms with Crippen LogP contribution in [0.5, 0.6) is 0 Å². The maximum absolute atomic E-state index is 12.5. The average molecular weight is 341 g/mol. The number of rotatable bonds is 6. The normalized spacial score (nSPS) is 14.9. The Balaban J connectivity index is 1.52. The standard InChI is InChI=1S/C18H23N5O2/c1-22(15-5-3-2-4-6-15)18(24)16-13-21-17(14-20-16)19-7-8-23-9-11-25-12-10-23/h2-6,13-14H,7-12H2,1H3,(H,19,21). The van der Waals surface area contributed by atoms with Crippen molar-refractivity contribution in [3.63, 3.8) is 0 Å².